The van der Waals surface area contributed by atoms with Gasteiger partial charge in [-0.1, -0.05) is 12.1 Å². The maximum atomic E-state index is 8.76. The number of rotatable bonds is 4. The van der Waals surface area contributed by atoms with E-state index in [2.05, 4.69) is 36.9 Å². The summed E-state index contributed by atoms with van der Waals surface area (Å²) in [6.07, 6.45) is 3.09. The zero-order chi connectivity index (χ0) is 13.7. The van der Waals surface area contributed by atoms with Crippen molar-refractivity contribution in [1.82, 2.24) is 0 Å². The van der Waals surface area contributed by atoms with Gasteiger partial charge in [0.05, 0.1) is 17.9 Å². The van der Waals surface area contributed by atoms with Gasteiger partial charge in [0, 0.05) is 19.5 Å². The Morgan fingerprint density at radius 1 is 1.32 bits per heavy atom. The maximum Gasteiger partial charge on any atom is 0.142 e. The molecule has 0 radical (unpaired) electrons. The summed E-state index contributed by atoms with van der Waals surface area (Å²) >= 11 is 0. The first-order valence-electron chi connectivity index (χ1n) is 7.08. The van der Waals surface area contributed by atoms with Gasteiger partial charge in [-0.05, 0) is 44.7 Å². The fourth-order valence-corrected chi connectivity index (χ4v) is 2.58. The Morgan fingerprint density at radius 3 is 2.63 bits per heavy atom. The Balaban J connectivity index is 2.05. The molecule has 1 fully saturated rings. The van der Waals surface area contributed by atoms with Crippen LogP contribution < -0.4 is 9.64 Å². The van der Waals surface area contributed by atoms with Crippen LogP contribution in [-0.4, -0.2) is 19.2 Å². The zero-order valence-corrected chi connectivity index (χ0v) is 11.8. The van der Waals surface area contributed by atoms with E-state index in [0.717, 1.165) is 31.7 Å². The average Bonchev–Trinajstić information content (AvgIpc) is 2.40. The minimum atomic E-state index is 0.192. The van der Waals surface area contributed by atoms with Gasteiger partial charge in [-0.3, -0.25) is 0 Å². The van der Waals surface area contributed by atoms with Gasteiger partial charge in [0.25, 0.3) is 0 Å². The van der Waals surface area contributed by atoms with Crippen LogP contribution in [0.3, 0.4) is 0 Å². The van der Waals surface area contributed by atoms with Gasteiger partial charge >= 0.3 is 0 Å². The van der Waals surface area contributed by atoms with Crippen LogP contribution in [0.25, 0.3) is 0 Å². The lowest BCUT2D eigenvalue weighted by Crippen LogP contribution is -2.34. The molecule has 1 aromatic rings. The Hall–Kier alpha value is -1.69. The number of para-hydroxylation sites is 2. The molecule has 0 unspecified atom stereocenters. The Bertz CT molecular complexity index is 442. The summed E-state index contributed by atoms with van der Waals surface area (Å²) < 4.78 is 5.88. The van der Waals surface area contributed by atoms with Gasteiger partial charge in [-0.15, -0.1) is 0 Å². The molecule has 102 valence electrons. The lowest BCUT2D eigenvalue weighted by Gasteiger charge is -2.34. The molecule has 1 aromatic carbocycles. The summed E-state index contributed by atoms with van der Waals surface area (Å²) in [4.78, 5) is 2.38. The van der Waals surface area contributed by atoms with E-state index in [4.69, 9.17) is 10.00 Å². The largest absolute Gasteiger partial charge is 0.489 e. The Labute approximate surface area is 115 Å². The molecule has 3 heteroatoms. The number of piperidine rings is 1. The molecule has 0 amide bonds. The fraction of sp³-hybridized carbons (Fsp3) is 0.562. The molecular formula is C16H22N2O. The summed E-state index contributed by atoms with van der Waals surface area (Å²) in [5.41, 5.74) is 1.19. The number of hydrogen-bond donors (Lipinski definition) is 0. The number of nitriles is 1. The molecule has 0 atom stereocenters. The minimum absolute atomic E-state index is 0.192. The van der Waals surface area contributed by atoms with Crippen LogP contribution >= 0.6 is 0 Å². The maximum absolute atomic E-state index is 8.76. The van der Waals surface area contributed by atoms with Crippen molar-refractivity contribution in [3.8, 4) is 11.8 Å². The van der Waals surface area contributed by atoms with E-state index in [1.165, 1.54) is 5.69 Å². The van der Waals surface area contributed by atoms with Gasteiger partial charge < -0.3 is 9.64 Å². The average molecular weight is 258 g/mol. The normalized spacial score (nSPS) is 16.4. The highest BCUT2D eigenvalue weighted by Crippen LogP contribution is 2.32. The van der Waals surface area contributed by atoms with Crippen molar-refractivity contribution in [3.05, 3.63) is 24.3 Å². The molecule has 19 heavy (non-hydrogen) atoms. The third kappa shape index (κ3) is 3.64. The van der Waals surface area contributed by atoms with Crippen LogP contribution in [0.5, 0.6) is 5.75 Å². The molecule has 0 aromatic heterocycles. The zero-order valence-electron chi connectivity index (χ0n) is 11.8. The van der Waals surface area contributed by atoms with Crippen molar-refractivity contribution in [3.63, 3.8) is 0 Å². The van der Waals surface area contributed by atoms with E-state index < -0.39 is 0 Å². The van der Waals surface area contributed by atoms with E-state index in [0.29, 0.717) is 12.3 Å². The summed E-state index contributed by atoms with van der Waals surface area (Å²) in [7, 11) is 0. The van der Waals surface area contributed by atoms with Crippen molar-refractivity contribution in [2.24, 2.45) is 5.92 Å². The fourth-order valence-electron chi connectivity index (χ4n) is 2.58. The lowest BCUT2D eigenvalue weighted by atomic mass is 9.94. The first-order chi connectivity index (χ1) is 9.20. The highest BCUT2D eigenvalue weighted by atomic mass is 16.5. The molecule has 0 aliphatic carbocycles. The lowest BCUT2D eigenvalue weighted by molar-refractivity contribution is 0.242. The molecule has 1 aliphatic rings. The molecule has 0 bridgehead atoms. The summed E-state index contributed by atoms with van der Waals surface area (Å²) in [5, 5.41) is 8.76. The minimum Gasteiger partial charge on any atom is -0.489 e. The van der Waals surface area contributed by atoms with Crippen LogP contribution in [-0.2, 0) is 0 Å². The van der Waals surface area contributed by atoms with Crippen LogP contribution in [0, 0.1) is 17.2 Å². The van der Waals surface area contributed by atoms with Crippen molar-refractivity contribution in [1.29, 1.82) is 5.26 Å². The van der Waals surface area contributed by atoms with E-state index >= 15 is 0 Å². The summed E-state index contributed by atoms with van der Waals surface area (Å²) in [6, 6.07) is 10.5. The van der Waals surface area contributed by atoms with Crippen molar-refractivity contribution in [2.45, 2.75) is 39.2 Å². The van der Waals surface area contributed by atoms with Crippen LogP contribution in [0.1, 0.15) is 33.1 Å². The first kappa shape index (κ1) is 13.7. The Morgan fingerprint density at radius 2 is 2.00 bits per heavy atom. The molecule has 0 N–H and O–H groups in total. The van der Waals surface area contributed by atoms with Gasteiger partial charge in [0.1, 0.15) is 5.75 Å². The number of benzene rings is 1. The van der Waals surface area contributed by atoms with E-state index in [1.807, 2.05) is 12.1 Å². The molecular weight excluding hydrogens is 236 g/mol. The second-order valence-corrected chi connectivity index (χ2v) is 5.43. The number of ether oxygens (including phenoxy) is 1. The van der Waals surface area contributed by atoms with E-state index in [-0.39, 0.29) is 6.10 Å². The third-order valence-corrected chi connectivity index (χ3v) is 3.56. The summed E-state index contributed by atoms with van der Waals surface area (Å²) in [5.74, 6) is 1.54. The monoisotopic (exact) mass is 258 g/mol. The second-order valence-electron chi connectivity index (χ2n) is 5.43. The number of hydrogen-bond acceptors (Lipinski definition) is 3. The summed E-state index contributed by atoms with van der Waals surface area (Å²) in [6.45, 7) is 6.14. The van der Waals surface area contributed by atoms with Crippen molar-refractivity contribution in [2.75, 3.05) is 18.0 Å². The number of anilines is 1. The van der Waals surface area contributed by atoms with E-state index in [1.54, 1.807) is 0 Å². The van der Waals surface area contributed by atoms with Crippen molar-refractivity contribution < 1.29 is 4.74 Å². The van der Waals surface area contributed by atoms with Crippen LogP contribution in [0.15, 0.2) is 24.3 Å². The van der Waals surface area contributed by atoms with E-state index in [9.17, 15) is 0 Å². The topological polar surface area (TPSA) is 36.3 Å². The van der Waals surface area contributed by atoms with Gasteiger partial charge in [0.2, 0.25) is 0 Å². The molecule has 0 saturated carbocycles. The predicted octanol–water partition coefficient (Wildman–Crippen LogP) is 3.60. The van der Waals surface area contributed by atoms with Gasteiger partial charge in [0.15, 0.2) is 0 Å². The molecule has 1 saturated heterocycles. The smallest absolute Gasteiger partial charge is 0.142 e. The highest BCUT2D eigenvalue weighted by molar-refractivity contribution is 5.58. The molecule has 1 heterocycles. The number of nitrogens with zero attached hydrogens (tertiary/aromatic N) is 2. The van der Waals surface area contributed by atoms with Gasteiger partial charge in [-0.2, -0.15) is 5.26 Å². The molecule has 0 spiro atoms. The first-order valence-corrected chi connectivity index (χ1v) is 7.08. The van der Waals surface area contributed by atoms with Crippen LogP contribution in [0.4, 0.5) is 5.69 Å². The third-order valence-electron chi connectivity index (χ3n) is 3.56. The molecule has 1 aliphatic heterocycles. The molecule has 3 nitrogen and oxygen atoms in total. The van der Waals surface area contributed by atoms with Crippen LogP contribution in [0.2, 0.25) is 0 Å². The quantitative estimate of drug-likeness (QED) is 0.827. The molecule has 2 rings (SSSR count). The van der Waals surface area contributed by atoms with Crippen molar-refractivity contribution >= 4 is 5.69 Å². The predicted molar refractivity (Wildman–Crippen MR) is 77.4 cm³/mol. The second kappa shape index (κ2) is 6.47. The highest BCUT2D eigenvalue weighted by Gasteiger charge is 2.21. The standard InChI is InChI=1S/C16H22N2O/c1-13(2)19-16-6-4-3-5-15(16)18-11-8-14(7-10-17)9-12-18/h3-6,13-14H,7-9,11-12H2,1-2H3. The Kier molecular flexibility index (Phi) is 4.68. The van der Waals surface area contributed by atoms with Gasteiger partial charge in [-0.25, -0.2) is 0 Å². The SMILES string of the molecule is CC(C)Oc1ccccc1N1CCC(CC#N)CC1.